The molecule has 0 saturated heterocycles. The first kappa shape index (κ1) is 32.1. The van der Waals surface area contributed by atoms with Crippen molar-refractivity contribution >= 4 is 17.8 Å². The van der Waals surface area contributed by atoms with Crippen molar-refractivity contribution in [3.8, 4) is 5.75 Å². The predicted molar refractivity (Wildman–Crippen MR) is 146 cm³/mol. The molecule has 9 heteroatoms. The number of ether oxygens (including phenoxy) is 1. The van der Waals surface area contributed by atoms with Gasteiger partial charge in [0.15, 0.2) is 0 Å². The molecule has 0 aliphatic carbocycles. The molecule has 2 amide bonds. The van der Waals surface area contributed by atoms with Gasteiger partial charge in [0.25, 0.3) is 0 Å². The summed E-state index contributed by atoms with van der Waals surface area (Å²) >= 11 is 0. The van der Waals surface area contributed by atoms with E-state index in [1.807, 2.05) is 0 Å². The molecule has 0 radical (unpaired) electrons. The molecule has 9 nitrogen and oxygen atoms in total. The zero-order valence-corrected chi connectivity index (χ0v) is 23.1. The summed E-state index contributed by atoms with van der Waals surface area (Å²) < 4.78 is 5.59. The maximum atomic E-state index is 13.6. The van der Waals surface area contributed by atoms with Crippen molar-refractivity contribution in [2.75, 3.05) is 33.3 Å². The molecule has 0 fully saturated rings. The number of carboxylic acid groups (broad SMARTS) is 1. The lowest BCUT2D eigenvalue weighted by atomic mass is 9.73. The highest BCUT2D eigenvalue weighted by molar-refractivity contribution is 5.91. The summed E-state index contributed by atoms with van der Waals surface area (Å²) in [5.41, 5.74) is 11.2. The van der Waals surface area contributed by atoms with Crippen molar-refractivity contribution in [2.45, 2.75) is 65.8 Å². The number of hydrogen-bond acceptors (Lipinski definition) is 6. The molecule has 1 rings (SSSR count). The minimum atomic E-state index is -1.42. The van der Waals surface area contributed by atoms with Crippen LogP contribution in [0.4, 0.5) is 0 Å². The van der Waals surface area contributed by atoms with Crippen LogP contribution in [0.5, 0.6) is 5.75 Å². The van der Waals surface area contributed by atoms with Crippen molar-refractivity contribution in [3.05, 3.63) is 41.5 Å². The molecule has 6 N–H and O–H groups in total. The van der Waals surface area contributed by atoms with E-state index >= 15 is 0 Å². The highest BCUT2D eigenvalue weighted by Crippen LogP contribution is 2.41. The number of unbranched alkanes of at least 4 members (excludes halogenated alkanes) is 2. The van der Waals surface area contributed by atoms with E-state index in [2.05, 4.69) is 31.3 Å². The third-order valence-electron chi connectivity index (χ3n) is 6.27. The Balaban J connectivity index is 3.03. The number of carbonyl (C=O) groups excluding carboxylic acids is 2. The molecule has 0 spiro atoms. The summed E-state index contributed by atoms with van der Waals surface area (Å²) in [7, 11) is 1.47. The quantitative estimate of drug-likeness (QED) is 0.183. The third-order valence-corrected chi connectivity index (χ3v) is 6.27. The number of allylic oxidation sites excluding steroid dienone is 2. The summed E-state index contributed by atoms with van der Waals surface area (Å²) in [5.74, 6) is -1.61. The number of nitrogens with two attached hydrogens (primary N) is 2. The Morgan fingerprint density at radius 1 is 1.14 bits per heavy atom. The van der Waals surface area contributed by atoms with Crippen LogP contribution < -0.4 is 21.5 Å². The normalized spacial score (nSPS) is 12.5. The van der Waals surface area contributed by atoms with Crippen molar-refractivity contribution in [2.24, 2.45) is 22.8 Å². The van der Waals surface area contributed by atoms with Crippen LogP contribution >= 0.6 is 0 Å². The second kappa shape index (κ2) is 16.0. The number of nitrogens with zero attached hydrogens (tertiary/aromatic N) is 1. The molecule has 0 aliphatic heterocycles. The fraction of sp³-hybridized carbons (Fsp3) is 0.607. The fourth-order valence-electron chi connectivity index (χ4n) is 4.09. The molecular weight excluding hydrogens is 472 g/mol. The smallest absolute Gasteiger partial charge is 0.310 e. The molecule has 1 atom stereocenters. The summed E-state index contributed by atoms with van der Waals surface area (Å²) in [6.07, 6.45) is 7.51. The topological polar surface area (TPSA) is 148 Å². The van der Waals surface area contributed by atoms with Gasteiger partial charge in [-0.3, -0.25) is 14.4 Å². The van der Waals surface area contributed by atoms with Gasteiger partial charge in [0.1, 0.15) is 5.75 Å². The highest BCUT2D eigenvalue weighted by atomic mass is 16.5. The van der Waals surface area contributed by atoms with Gasteiger partial charge in [-0.05, 0) is 50.7 Å². The van der Waals surface area contributed by atoms with Crippen LogP contribution in [0.1, 0.15) is 70.4 Å². The molecule has 0 aliphatic rings. The van der Waals surface area contributed by atoms with Crippen molar-refractivity contribution in [1.82, 2.24) is 10.2 Å². The van der Waals surface area contributed by atoms with E-state index in [-0.39, 0.29) is 38.0 Å². The number of nitrogens with one attached hydrogen (secondary N) is 1. The van der Waals surface area contributed by atoms with Gasteiger partial charge in [0, 0.05) is 44.7 Å². The summed E-state index contributed by atoms with van der Waals surface area (Å²) in [5, 5.41) is 12.9. The number of hydrogen-bond donors (Lipinski definition) is 4. The monoisotopic (exact) mass is 518 g/mol. The lowest BCUT2D eigenvalue weighted by molar-refractivity contribution is -0.153. The van der Waals surface area contributed by atoms with E-state index < -0.39 is 17.3 Å². The summed E-state index contributed by atoms with van der Waals surface area (Å²) in [6.45, 7) is 8.61. The van der Waals surface area contributed by atoms with E-state index in [0.717, 1.165) is 24.8 Å². The molecule has 1 aromatic carbocycles. The highest BCUT2D eigenvalue weighted by Gasteiger charge is 2.45. The van der Waals surface area contributed by atoms with Crippen LogP contribution in [0.2, 0.25) is 0 Å². The van der Waals surface area contributed by atoms with Gasteiger partial charge in [-0.25, -0.2) is 0 Å². The van der Waals surface area contributed by atoms with Gasteiger partial charge in [-0.15, -0.1) is 0 Å². The van der Waals surface area contributed by atoms with E-state index in [1.165, 1.54) is 25.9 Å². The van der Waals surface area contributed by atoms with Gasteiger partial charge in [-0.1, -0.05) is 38.1 Å². The fourth-order valence-corrected chi connectivity index (χ4v) is 4.09. The molecular formula is C28H46N4O5. The standard InChI is InChI=1S/C28H46N4O5/c1-20(2)10-8-6-7-9-11-24(33)31-19-21-12-13-22(23(18-21)37-5)25(28(3,4)27(35)36)26(34)32(16-14-29)17-15-30/h8,10,12-13,18,20,25H,6-7,9,11,14-17,19,29-30H2,1-5H3,(H,31,33)(H,35,36)/b10-8+. The van der Waals surface area contributed by atoms with Crippen molar-refractivity contribution < 1.29 is 24.2 Å². The average Bonchev–Trinajstić information content (AvgIpc) is 2.84. The van der Waals surface area contributed by atoms with Crippen molar-refractivity contribution in [1.29, 1.82) is 0 Å². The Labute approximate surface area is 221 Å². The zero-order valence-electron chi connectivity index (χ0n) is 23.1. The van der Waals surface area contributed by atoms with E-state index in [4.69, 9.17) is 16.2 Å². The number of aliphatic carboxylic acids is 1. The Bertz CT molecular complexity index is 908. The Hall–Kier alpha value is -2.91. The van der Waals surface area contributed by atoms with Gasteiger partial charge in [0.05, 0.1) is 18.4 Å². The number of methoxy groups -OCH3 is 1. The lowest BCUT2D eigenvalue weighted by Gasteiger charge is -2.35. The summed E-state index contributed by atoms with van der Waals surface area (Å²) in [4.78, 5) is 39.5. The predicted octanol–water partition coefficient (Wildman–Crippen LogP) is 3.02. The number of benzene rings is 1. The Morgan fingerprint density at radius 3 is 2.32 bits per heavy atom. The second-order valence-corrected chi connectivity index (χ2v) is 10.1. The molecule has 37 heavy (non-hydrogen) atoms. The van der Waals surface area contributed by atoms with E-state index in [1.54, 1.807) is 18.2 Å². The second-order valence-electron chi connectivity index (χ2n) is 10.1. The molecule has 1 aromatic rings. The Kier molecular flexibility index (Phi) is 13.9. The van der Waals surface area contributed by atoms with Crippen LogP contribution in [0.3, 0.4) is 0 Å². The third kappa shape index (κ3) is 10.2. The summed E-state index contributed by atoms with van der Waals surface area (Å²) in [6, 6.07) is 5.22. The average molecular weight is 519 g/mol. The molecule has 0 aromatic heterocycles. The van der Waals surface area contributed by atoms with E-state index in [0.29, 0.717) is 30.2 Å². The first-order chi connectivity index (χ1) is 17.5. The van der Waals surface area contributed by atoms with Gasteiger partial charge >= 0.3 is 5.97 Å². The van der Waals surface area contributed by atoms with Crippen LogP contribution in [0.15, 0.2) is 30.4 Å². The van der Waals surface area contributed by atoms with Gasteiger partial charge < -0.3 is 31.5 Å². The van der Waals surface area contributed by atoms with Crippen LogP contribution in [-0.2, 0) is 20.9 Å². The molecule has 0 bridgehead atoms. The number of amides is 2. The first-order valence-corrected chi connectivity index (χ1v) is 13.0. The first-order valence-electron chi connectivity index (χ1n) is 13.0. The molecule has 208 valence electrons. The number of carboxylic acids is 1. The zero-order chi connectivity index (χ0) is 28.0. The maximum Gasteiger partial charge on any atom is 0.310 e. The van der Waals surface area contributed by atoms with Crippen molar-refractivity contribution in [3.63, 3.8) is 0 Å². The lowest BCUT2D eigenvalue weighted by Crippen LogP contribution is -2.47. The minimum Gasteiger partial charge on any atom is -0.496 e. The molecule has 0 heterocycles. The van der Waals surface area contributed by atoms with Crippen LogP contribution in [-0.4, -0.2) is 61.1 Å². The van der Waals surface area contributed by atoms with Gasteiger partial charge in [0.2, 0.25) is 11.8 Å². The minimum absolute atomic E-state index is 0.0323. The number of rotatable bonds is 17. The molecule has 1 unspecified atom stereocenters. The number of carbonyl (C=O) groups is 3. The largest absolute Gasteiger partial charge is 0.496 e. The van der Waals surface area contributed by atoms with Gasteiger partial charge in [-0.2, -0.15) is 0 Å². The van der Waals surface area contributed by atoms with Crippen LogP contribution in [0.25, 0.3) is 0 Å². The maximum absolute atomic E-state index is 13.6. The van der Waals surface area contributed by atoms with E-state index in [9.17, 15) is 19.5 Å². The van der Waals surface area contributed by atoms with Crippen LogP contribution in [0, 0.1) is 11.3 Å². The Morgan fingerprint density at radius 2 is 1.78 bits per heavy atom. The SMILES string of the molecule is COc1cc(CNC(=O)CCCC/C=C/C(C)C)ccc1C(C(=O)N(CCN)CCN)C(C)(C)C(=O)O. The molecule has 0 saturated carbocycles.